The van der Waals surface area contributed by atoms with E-state index in [1.54, 1.807) is 18.2 Å². The van der Waals surface area contributed by atoms with Gasteiger partial charge in [0.05, 0.1) is 17.7 Å². The van der Waals surface area contributed by atoms with Crippen molar-refractivity contribution in [2.24, 2.45) is 10.8 Å². The van der Waals surface area contributed by atoms with Crippen molar-refractivity contribution in [3.63, 3.8) is 0 Å². The molecule has 1 aliphatic carbocycles. The minimum atomic E-state index is -1.13. The van der Waals surface area contributed by atoms with Crippen molar-refractivity contribution in [1.82, 2.24) is 9.89 Å². The average Bonchev–Trinajstić information content (AvgIpc) is 3.27. The molecule has 3 aliphatic rings. The molecule has 1 saturated heterocycles. The summed E-state index contributed by atoms with van der Waals surface area (Å²) >= 11 is 1.51. The molecule has 296 valence electrons. The van der Waals surface area contributed by atoms with E-state index in [1.165, 1.54) is 47.7 Å². The van der Waals surface area contributed by atoms with Gasteiger partial charge in [0.2, 0.25) is 5.36 Å². The van der Waals surface area contributed by atoms with Gasteiger partial charge in [0.15, 0.2) is 0 Å². The van der Waals surface area contributed by atoms with Gasteiger partial charge in [-0.25, -0.2) is 9.37 Å². The maximum absolute atomic E-state index is 13.4. The lowest BCUT2D eigenvalue weighted by atomic mass is 9.81. The minimum Gasteiger partial charge on any atom is -0.478 e. The zero-order valence-corrected chi connectivity index (χ0v) is 36.0. The van der Waals surface area contributed by atoms with E-state index in [9.17, 15) is 20.0 Å². The Hall–Kier alpha value is -4.98. The molecule has 3 aromatic rings. The van der Waals surface area contributed by atoms with Crippen LogP contribution in [0, 0.1) is 22.2 Å². The SMILES string of the molecule is CN(C)c1ccc2c(-c3ccc(C(=O)NCCS/C(=C\C#N)c4ccc(C[S+]5CC(C)(C)CCC(C)(C)C5)cc4)cc3C(=O)O)c3ccc(=[N+](C)C)cc-3oc2c1. The fraction of sp³-hybridized carbons (Fsp3) is 0.362. The monoisotopic (exact) mass is 802 g/mol. The first kappa shape index (κ1) is 41.6. The summed E-state index contributed by atoms with van der Waals surface area (Å²) in [7, 11) is 8.14. The van der Waals surface area contributed by atoms with E-state index in [-0.39, 0.29) is 17.0 Å². The number of fused-ring (bicyclic) bond motifs is 2. The topological polar surface area (TPSA) is 110 Å². The van der Waals surface area contributed by atoms with E-state index < -0.39 is 5.97 Å². The van der Waals surface area contributed by atoms with E-state index in [0.717, 1.165) is 43.8 Å². The van der Waals surface area contributed by atoms with Crippen LogP contribution in [0.2, 0.25) is 0 Å². The number of aromatic carboxylic acids is 1. The smallest absolute Gasteiger partial charge is 0.336 e. The van der Waals surface area contributed by atoms with Gasteiger partial charge < -0.3 is 19.7 Å². The number of nitrogens with one attached hydrogen (secondary N) is 1. The van der Waals surface area contributed by atoms with Gasteiger partial charge in [-0.2, -0.15) is 5.26 Å². The molecule has 0 spiro atoms. The first-order chi connectivity index (χ1) is 27.0. The predicted molar refractivity (Wildman–Crippen MR) is 239 cm³/mol. The van der Waals surface area contributed by atoms with Crippen molar-refractivity contribution in [2.75, 3.05) is 56.9 Å². The number of carboxylic acid groups (broad SMARTS) is 1. The molecule has 2 aliphatic heterocycles. The van der Waals surface area contributed by atoms with Crippen molar-refractivity contribution >= 4 is 56.1 Å². The van der Waals surface area contributed by atoms with Crippen LogP contribution in [0.5, 0.6) is 0 Å². The molecule has 0 aromatic heterocycles. The Bertz CT molecular complexity index is 2400. The Balaban J connectivity index is 1.17. The third kappa shape index (κ3) is 9.95. The zero-order valence-electron chi connectivity index (χ0n) is 34.4. The van der Waals surface area contributed by atoms with E-state index in [2.05, 4.69) is 63.3 Å². The fourth-order valence-electron chi connectivity index (χ4n) is 7.57. The molecule has 0 radical (unpaired) electrons. The third-order valence-corrected chi connectivity index (χ3v) is 14.8. The molecular formula is C47H54N4O4S2+2. The molecule has 2 N–H and O–H groups in total. The number of rotatable bonds is 11. The Labute approximate surface area is 344 Å². The highest BCUT2D eigenvalue weighted by molar-refractivity contribution is 8.08. The summed E-state index contributed by atoms with van der Waals surface area (Å²) in [5.74, 6) is 3.26. The van der Waals surface area contributed by atoms with Crippen LogP contribution < -0.4 is 20.1 Å². The second kappa shape index (κ2) is 17.3. The number of amides is 1. The average molecular weight is 803 g/mol. The molecule has 0 bridgehead atoms. The number of anilines is 1. The normalized spacial score (nSPS) is 15.5. The van der Waals surface area contributed by atoms with E-state index in [1.807, 2.05) is 74.1 Å². The Morgan fingerprint density at radius 1 is 0.930 bits per heavy atom. The van der Waals surface area contributed by atoms with Crippen molar-refractivity contribution < 1.29 is 19.1 Å². The van der Waals surface area contributed by atoms with Gasteiger partial charge in [0.25, 0.3) is 5.91 Å². The number of thioether (sulfide) groups is 1. The maximum Gasteiger partial charge on any atom is 0.336 e. The molecular weight excluding hydrogens is 749 g/mol. The molecule has 0 saturated carbocycles. The van der Waals surface area contributed by atoms with Crippen molar-refractivity contribution in [3.05, 3.63) is 113 Å². The number of carbonyl (C=O) groups is 2. The Morgan fingerprint density at radius 3 is 2.23 bits per heavy atom. The number of nitriles is 1. The van der Waals surface area contributed by atoms with Gasteiger partial charge in [-0.3, -0.25) is 4.79 Å². The number of benzene rings is 4. The van der Waals surface area contributed by atoms with Crippen LogP contribution in [0.15, 0.2) is 89.4 Å². The number of carbonyl (C=O) groups excluding carboxylic acids is 1. The van der Waals surface area contributed by atoms with Crippen LogP contribution >= 0.6 is 11.8 Å². The molecule has 8 nitrogen and oxygen atoms in total. The van der Waals surface area contributed by atoms with Crippen LogP contribution in [0.4, 0.5) is 5.69 Å². The Morgan fingerprint density at radius 2 is 1.60 bits per heavy atom. The summed E-state index contributed by atoms with van der Waals surface area (Å²) < 4.78 is 8.42. The molecule has 0 unspecified atom stereocenters. The van der Waals surface area contributed by atoms with E-state index in [4.69, 9.17) is 4.42 Å². The van der Waals surface area contributed by atoms with Gasteiger partial charge >= 0.3 is 5.97 Å². The summed E-state index contributed by atoms with van der Waals surface area (Å²) in [6, 6.07) is 27.4. The number of carboxylic acids is 1. The number of nitrogens with zero attached hydrogens (tertiary/aromatic N) is 3. The zero-order chi connectivity index (χ0) is 41.1. The van der Waals surface area contributed by atoms with Gasteiger partial charge in [-0.05, 0) is 65.2 Å². The number of allylic oxidation sites excluding steroid dienone is 1. The predicted octanol–water partition coefficient (Wildman–Crippen LogP) is 8.99. The quantitative estimate of drug-likeness (QED) is 0.0451. The van der Waals surface area contributed by atoms with Crippen LogP contribution in [-0.2, 0) is 16.6 Å². The standard InChI is InChI=1S/C47H52N4O4S2/c1-46(2)20-21-47(3,4)30-57(29-46)28-31-9-11-32(12-10-31)42(19-22-48)56-24-23-49-44(52)33-13-16-36(39(25-33)45(53)54)43-37-17-14-34(50(5)6)26-40(37)55-41-27-35(51(7)8)15-18-38(41)43/h9-19,25-27H,20-21,23-24,28-30H2,1-8H3/p+2/b42-19-. The van der Waals surface area contributed by atoms with Crippen molar-refractivity contribution in [3.8, 4) is 28.5 Å². The highest BCUT2D eigenvalue weighted by Crippen LogP contribution is 2.43. The number of hydrogen-bond donors (Lipinski definition) is 2. The van der Waals surface area contributed by atoms with Crippen LogP contribution in [-0.4, -0.2) is 69.0 Å². The van der Waals surface area contributed by atoms with Crippen LogP contribution in [0.1, 0.15) is 72.4 Å². The third-order valence-electron chi connectivity index (χ3n) is 10.6. The highest BCUT2D eigenvalue weighted by atomic mass is 32.2. The van der Waals surface area contributed by atoms with Crippen molar-refractivity contribution in [2.45, 2.75) is 46.3 Å². The summed E-state index contributed by atoms with van der Waals surface area (Å²) in [5.41, 5.74) is 6.89. The molecule has 1 fully saturated rings. The van der Waals surface area contributed by atoms with Crippen molar-refractivity contribution in [1.29, 1.82) is 5.26 Å². The highest BCUT2D eigenvalue weighted by Gasteiger charge is 2.40. The summed E-state index contributed by atoms with van der Waals surface area (Å²) in [4.78, 5) is 29.1. The summed E-state index contributed by atoms with van der Waals surface area (Å²) in [5, 5.41) is 24.7. The lowest BCUT2D eigenvalue weighted by Gasteiger charge is -2.21. The van der Waals surface area contributed by atoms with Gasteiger partial charge in [0.1, 0.15) is 42.7 Å². The second-order valence-electron chi connectivity index (χ2n) is 17.0. The van der Waals surface area contributed by atoms with E-state index in [0.29, 0.717) is 50.9 Å². The molecule has 1 amide bonds. The van der Waals surface area contributed by atoms with Crippen LogP contribution in [0.3, 0.4) is 0 Å². The summed E-state index contributed by atoms with van der Waals surface area (Å²) in [6.07, 6.45) is 4.11. The summed E-state index contributed by atoms with van der Waals surface area (Å²) in [6.45, 7) is 9.97. The van der Waals surface area contributed by atoms with Gasteiger partial charge in [-0.1, -0.05) is 58.0 Å². The fourth-order valence-corrected chi connectivity index (χ4v) is 11.9. The molecule has 10 heteroatoms. The lowest BCUT2D eigenvalue weighted by molar-refractivity contribution is 0.0697. The molecule has 57 heavy (non-hydrogen) atoms. The molecule has 0 atom stereocenters. The number of hydrogen-bond acceptors (Lipinski definition) is 6. The lowest BCUT2D eigenvalue weighted by Crippen LogP contribution is -2.27. The molecule has 6 rings (SSSR count). The largest absolute Gasteiger partial charge is 0.478 e. The minimum absolute atomic E-state index is 0.0221. The van der Waals surface area contributed by atoms with Crippen LogP contribution in [0.25, 0.3) is 38.3 Å². The maximum atomic E-state index is 13.4. The first-order valence-electron chi connectivity index (χ1n) is 19.3. The second-order valence-corrected chi connectivity index (χ2v) is 20.2. The van der Waals surface area contributed by atoms with E-state index >= 15 is 0 Å². The van der Waals surface area contributed by atoms with Gasteiger partial charge in [0, 0.05) is 93.7 Å². The molecule has 2 heterocycles. The van der Waals surface area contributed by atoms with Gasteiger partial charge in [-0.15, -0.1) is 11.8 Å². The Kier molecular flexibility index (Phi) is 12.6. The molecule has 3 aromatic carbocycles. The first-order valence-corrected chi connectivity index (χ1v) is 22.1.